The lowest BCUT2D eigenvalue weighted by atomic mass is 10.1. The number of pyridine rings is 1. The molecule has 1 atom stereocenters. The van der Waals surface area contributed by atoms with E-state index in [4.69, 9.17) is 11.6 Å². The Morgan fingerprint density at radius 3 is 2.75 bits per heavy atom. The fourth-order valence-electron chi connectivity index (χ4n) is 1.80. The molecule has 2 rings (SSSR count). The van der Waals surface area contributed by atoms with Gasteiger partial charge in [-0.1, -0.05) is 13.8 Å². The predicted molar refractivity (Wildman–Crippen MR) is 66.6 cm³/mol. The minimum atomic E-state index is 0.355. The van der Waals surface area contributed by atoms with E-state index >= 15 is 0 Å². The van der Waals surface area contributed by atoms with Crippen molar-refractivity contribution >= 4 is 22.8 Å². The quantitative estimate of drug-likeness (QED) is 0.767. The minimum absolute atomic E-state index is 0.355. The first-order valence-electron chi connectivity index (χ1n) is 5.53. The number of hydrogen-bond donors (Lipinski definition) is 0. The van der Waals surface area contributed by atoms with E-state index in [9.17, 15) is 0 Å². The summed E-state index contributed by atoms with van der Waals surface area (Å²) in [6.07, 6.45) is 1.80. The fourth-order valence-corrected chi connectivity index (χ4v) is 1.99. The number of imidazole rings is 1. The molecule has 86 valence electrons. The van der Waals surface area contributed by atoms with Crippen molar-refractivity contribution in [3.63, 3.8) is 0 Å². The Balaban J connectivity index is 2.64. The first kappa shape index (κ1) is 11.4. The summed E-state index contributed by atoms with van der Waals surface area (Å²) in [6, 6.07) is 4.23. The molecule has 0 aliphatic rings. The molecular weight excluding hydrogens is 222 g/mol. The van der Waals surface area contributed by atoms with Crippen LogP contribution >= 0.6 is 11.6 Å². The van der Waals surface area contributed by atoms with E-state index in [1.165, 1.54) is 0 Å². The van der Waals surface area contributed by atoms with Gasteiger partial charge < -0.3 is 4.57 Å². The number of hydrogen-bond acceptors (Lipinski definition) is 2. The van der Waals surface area contributed by atoms with Gasteiger partial charge in [-0.2, -0.15) is 0 Å². The zero-order valence-corrected chi connectivity index (χ0v) is 10.6. The average molecular weight is 238 g/mol. The molecule has 0 amide bonds. The second-order valence-electron chi connectivity index (χ2n) is 4.36. The van der Waals surface area contributed by atoms with Gasteiger partial charge in [0, 0.05) is 12.2 Å². The number of alkyl halides is 1. The van der Waals surface area contributed by atoms with Crippen molar-refractivity contribution in [3.8, 4) is 0 Å². The van der Waals surface area contributed by atoms with Gasteiger partial charge in [0.15, 0.2) is 5.65 Å². The molecule has 0 saturated carbocycles. The molecule has 0 saturated heterocycles. The van der Waals surface area contributed by atoms with Crippen LogP contribution in [0.1, 0.15) is 32.6 Å². The van der Waals surface area contributed by atoms with Crippen molar-refractivity contribution in [3.05, 3.63) is 24.2 Å². The van der Waals surface area contributed by atoms with E-state index in [1.807, 2.05) is 12.1 Å². The lowest BCUT2D eigenvalue weighted by Crippen LogP contribution is -2.14. The van der Waals surface area contributed by atoms with Crippen molar-refractivity contribution in [2.45, 2.75) is 32.7 Å². The van der Waals surface area contributed by atoms with Crippen molar-refractivity contribution in [1.29, 1.82) is 0 Å². The minimum Gasteiger partial charge on any atom is -0.309 e. The van der Waals surface area contributed by atoms with E-state index in [1.54, 1.807) is 6.20 Å². The molecule has 1 unspecified atom stereocenters. The maximum Gasteiger partial charge on any atom is 0.160 e. The first-order chi connectivity index (χ1) is 7.65. The van der Waals surface area contributed by atoms with Crippen LogP contribution in [0.3, 0.4) is 0 Å². The molecular formula is C12H16ClN3. The molecule has 0 aliphatic carbocycles. The SMILES string of the molecule is CC(C)C(C)n1c(CCl)nc2cccnc21. The second kappa shape index (κ2) is 4.42. The summed E-state index contributed by atoms with van der Waals surface area (Å²) in [5.74, 6) is 1.85. The maximum absolute atomic E-state index is 5.94. The zero-order valence-electron chi connectivity index (χ0n) is 9.81. The molecule has 0 spiro atoms. The Morgan fingerprint density at radius 2 is 2.12 bits per heavy atom. The van der Waals surface area contributed by atoms with Gasteiger partial charge >= 0.3 is 0 Å². The Hall–Kier alpha value is -1.09. The van der Waals surface area contributed by atoms with Gasteiger partial charge in [0.25, 0.3) is 0 Å². The molecule has 2 heterocycles. The van der Waals surface area contributed by atoms with E-state index in [0.717, 1.165) is 17.0 Å². The van der Waals surface area contributed by atoms with Gasteiger partial charge in [0.2, 0.25) is 0 Å². The molecule has 0 radical (unpaired) electrons. The summed E-state index contributed by atoms with van der Waals surface area (Å²) in [4.78, 5) is 8.90. The van der Waals surface area contributed by atoms with Crippen molar-refractivity contribution < 1.29 is 0 Å². The van der Waals surface area contributed by atoms with Gasteiger partial charge in [-0.15, -0.1) is 11.6 Å². The van der Waals surface area contributed by atoms with Gasteiger partial charge in [-0.3, -0.25) is 0 Å². The molecule has 0 fully saturated rings. The van der Waals surface area contributed by atoms with Crippen LogP contribution < -0.4 is 0 Å². The summed E-state index contributed by atoms with van der Waals surface area (Å²) < 4.78 is 2.15. The van der Waals surface area contributed by atoms with Crippen LogP contribution in [-0.4, -0.2) is 14.5 Å². The van der Waals surface area contributed by atoms with Gasteiger partial charge in [0.1, 0.15) is 11.3 Å². The average Bonchev–Trinajstić information content (AvgIpc) is 2.66. The second-order valence-corrected chi connectivity index (χ2v) is 4.63. The smallest absolute Gasteiger partial charge is 0.160 e. The topological polar surface area (TPSA) is 30.7 Å². The molecule has 2 aromatic rings. The normalized spacial score (nSPS) is 13.6. The zero-order chi connectivity index (χ0) is 11.7. The van der Waals surface area contributed by atoms with Gasteiger partial charge in [-0.25, -0.2) is 9.97 Å². The number of halogens is 1. The fraction of sp³-hybridized carbons (Fsp3) is 0.500. The monoisotopic (exact) mass is 237 g/mol. The molecule has 16 heavy (non-hydrogen) atoms. The van der Waals surface area contributed by atoms with Crippen LogP contribution in [0.5, 0.6) is 0 Å². The third-order valence-corrected chi connectivity index (χ3v) is 3.25. The lowest BCUT2D eigenvalue weighted by molar-refractivity contribution is 0.407. The van der Waals surface area contributed by atoms with Crippen LogP contribution in [0.15, 0.2) is 18.3 Å². The summed E-state index contributed by atoms with van der Waals surface area (Å²) in [5.41, 5.74) is 1.85. The summed E-state index contributed by atoms with van der Waals surface area (Å²) >= 11 is 5.94. The number of rotatable bonds is 3. The van der Waals surface area contributed by atoms with Crippen LogP contribution in [0.2, 0.25) is 0 Å². The highest BCUT2D eigenvalue weighted by atomic mass is 35.5. The largest absolute Gasteiger partial charge is 0.309 e. The lowest BCUT2D eigenvalue weighted by Gasteiger charge is -2.19. The maximum atomic E-state index is 5.94. The summed E-state index contributed by atoms with van der Waals surface area (Å²) in [6.45, 7) is 6.56. The highest BCUT2D eigenvalue weighted by Crippen LogP contribution is 2.25. The molecule has 4 heteroatoms. The summed E-state index contributed by atoms with van der Waals surface area (Å²) in [5, 5.41) is 0. The van der Waals surface area contributed by atoms with Crippen LogP contribution in [0, 0.1) is 5.92 Å². The highest BCUT2D eigenvalue weighted by Gasteiger charge is 2.18. The van der Waals surface area contributed by atoms with E-state index in [0.29, 0.717) is 17.8 Å². The number of fused-ring (bicyclic) bond motifs is 1. The van der Waals surface area contributed by atoms with Crippen molar-refractivity contribution in [1.82, 2.24) is 14.5 Å². The van der Waals surface area contributed by atoms with E-state index in [-0.39, 0.29) is 0 Å². The van der Waals surface area contributed by atoms with Gasteiger partial charge in [0.05, 0.1) is 5.88 Å². The standard InChI is InChI=1S/C12H16ClN3/c1-8(2)9(3)16-11(7-13)15-10-5-4-6-14-12(10)16/h4-6,8-9H,7H2,1-3H3. The molecule has 0 N–H and O–H groups in total. The van der Waals surface area contributed by atoms with Crippen LogP contribution in [0.25, 0.3) is 11.2 Å². The summed E-state index contributed by atoms with van der Waals surface area (Å²) in [7, 11) is 0. The Labute approximate surface area is 100 Å². The van der Waals surface area contributed by atoms with E-state index in [2.05, 4.69) is 35.3 Å². The number of aromatic nitrogens is 3. The highest BCUT2D eigenvalue weighted by molar-refractivity contribution is 6.16. The van der Waals surface area contributed by atoms with Gasteiger partial charge in [-0.05, 0) is 25.0 Å². The van der Waals surface area contributed by atoms with Crippen LogP contribution in [0.4, 0.5) is 0 Å². The van der Waals surface area contributed by atoms with E-state index < -0.39 is 0 Å². The molecule has 3 nitrogen and oxygen atoms in total. The van der Waals surface area contributed by atoms with Crippen molar-refractivity contribution in [2.24, 2.45) is 5.92 Å². The van der Waals surface area contributed by atoms with Crippen molar-refractivity contribution in [2.75, 3.05) is 0 Å². The number of nitrogens with zero attached hydrogens (tertiary/aromatic N) is 3. The molecule has 2 aromatic heterocycles. The Bertz CT molecular complexity index is 490. The third kappa shape index (κ3) is 1.80. The Kier molecular flexibility index (Phi) is 3.15. The molecule has 0 bridgehead atoms. The third-order valence-electron chi connectivity index (χ3n) is 3.01. The molecule has 0 aromatic carbocycles. The molecule has 0 aliphatic heterocycles. The Morgan fingerprint density at radius 1 is 1.38 bits per heavy atom. The van der Waals surface area contributed by atoms with Crippen LogP contribution in [-0.2, 0) is 5.88 Å². The predicted octanol–water partition coefficient (Wildman–Crippen LogP) is 3.39. The first-order valence-corrected chi connectivity index (χ1v) is 6.06.